The van der Waals surface area contributed by atoms with Crippen molar-refractivity contribution in [1.29, 1.82) is 0 Å². The zero-order valence-electron chi connectivity index (χ0n) is 7.90. The number of nitrogens with zero attached hydrogens (tertiary/aromatic N) is 2. The Balaban J connectivity index is 2.13. The maximum Gasteiger partial charge on any atom is 0.358 e. The lowest BCUT2D eigenvalue weighted by Gasteiger charge is -2.13. The van der Waals surface area contributed by atoms with Gasteiger partial charge in [0.15, 0.2) is 6.04 Å². The van der Waals surface area contributed by atoms with Crippen LogP contribution in [0, 0.1) is 10.1 Å². The first-order valence-electron chi connectivity index (χ1n) is 4.91. The van der Waals surface area contributed by atoms with E-state index in [0.29, 0.717) is 0 Å². The molecule has 1 fully saturated rings. The van der Waals surface area contributed by atoms with Gasteiger partial charge in [-0.05, 0) is 30.7 Å². The molecule has 0 bridgehead atoms. The molecule has 1 N–H and O–H groups in total. The van der Waals surface area contributed by atoms with Gasteiger partial charge < -0.3 is 15.4 Å². The summed E-state index contributed by atoms with van der Waals surface area (Å²) in [5.74, 6) is 0.0219. The predicted octanol–water partition coefficient (Wildman–Crippen LogP) is 0.744. The lowest BCUT2D eigenvalue weighted by molar-refractivity contribution is -0.348. The number of fused-ring (bicyclic) bond motifs is 1. The van der Waals surface area contributed by atoms with Crippen LogP contribution in [0.15, 0.2) is 16.6 Å². The van der Waals surface area contributed by atoms with Crippen LogP contribution in [0.5, 0.6) is 0 Å². The van der Waals surface area contributed by atoms with Gasteiger partial charge in [-0.1, -0.05) is 4.99 Å². The van der Waals surface area contributed by atoms with E-state index in [0.717, 1.165) is 37.9 Å². The number of rotatable bonds is 0. The number of nitrogens with one attached hydrogen (secondary N) is 1. The van der Waals surface area contributed by atoms with Crippen molar-refractivity contribution in [1.82, 2.24) is 5.32 Å². The molecule has 0 aliphatic carbocycles. The summed E-state index contributed by atoms with van der Waals surface area (Å²) >= 11 is 0. The molecule has 2 heterocycles. The van der Waals surface area contributed by atoms with E-state index in [1.165, 1.54) is 0 Å². The van der Waals surface area contributed by atoms with Crippen LogP contribution in [0.2, 0.25) is 0 Å². The zero-order valence-corrected chi connectivity index (χ0v) is 7.90. The normalized spacial score (nSPS) is 27.0. The first-order valence-corrected chi connectivity index (χ1v) is 4.91. The molecule has 1 saturated heterocycles. The van der Waals surface area contributed by atoms with E-state index < -0.39 is 4.92 Å². The number of hydrogen-bond donors (Lipinski definition) is 1. The second kappa shape index (κ2) is 3.88. The Hall–Kier alpha value is -1.23. The van der Waals surface area contributed by atoms with Crippen LogP contribution in [-0.2, 0) is 0 Å². The van der Waals surface area contributed by atoms with Crippen LogP contribution in [0.3, 0.4) is 0 Å². The van der Waals surface area contributed by atoms with Crippen molar-refractivity contribution in [3.8, 4) is 0 Å². The third kappa shape index (κ3) is 1.82. The van der Waals surface area contributed by atoms with Crippen LogP contribution in [0.25, 0.3) is 0 Å². The SMILES string of the molecule is O=[N+]([O-])C1=NC2CCCCNCC2=C1. The fourth-order valence-electron chi connectivity index (χ4n) is 1.88. The van der Waals surface area contributed by atoms with Crippen molar-refractivity contribution in [2.24, 2.45) is 4.99 Å². The van der Waals surface area contributed by atoms with Crippen molar-refractivity contribution < 1.29 is 4.92 Å². The summed E-state index contributed by atoms with van der Waals surface area (Å²) in [5, 5.41) is 13.8. The first kappa shape index (κ1) is 9.33. The van der Waals surface area contributed by atoms with Gasteiger partial charge in [0, 0.05) is 18.2 Å². The number of amidine groups is 1. The van der Waals surface area contributed by atoms with E-state index in [-0.39, 0.29) is 11.9 Å². The molecular formula is C9H13N3O2. The highest BCUT2D eigenvalue weighted by Crippen LogP contribution is 2.21. The molecule has 5 heteroatoms. The fourth-order valence-corrected chi connectivity index (χ4v) is 1.88. The van der Waals surface area contributed by atoms with E-state index in [9.17, 15) is 10.1 Å². The quantitative estimate of drug-likeness (QED) is 0.458. The Bertz CT molecular complexity index is 309. The fraction of sp³-hybridized carbons (Fsp3) is 0.667. The van der Waals surface area contributed by atoms with E-state index >= 15 is 0 Å². The van der Waals surface area contributed by atoms with Gasteiger partial charge in [0.2, 0.25) is 0 Å². The molecule has 2 aliphatic heterocycles. The Morgan fingerprint density at radius 3 is 3.21 bits per heavy atom. The molecule has 0 spiro atoms. The number of hydrogen-bond acceptors (Lipinski definition) is 4. The minimum Gasteiger partial charge on any atom is -0.358 e. The van der Waals surface area contributed by atoms with Crippen LogP contribution in [-0.4, -0.2) is 29.9 Å². The van der Waals surface area contributed by atoms with E-state index in [1.54, 1.807) is 6.08 Å². The zero-order chi connectivity index (χ0) is 9.97. The smallest absolute Gasteiger partial charge is 0.358 e. The molecule has 0 saturated carbocycles. The maximum atomic E-state index is 10.5. The second-order valence-electron chi connectivity index (χ2n) is 3.65. The molecule has 5 nitrogen and oxygen atoms in total. The summed E-state index contributed by atoms with van der Waals surface area (Å²) in [6.07, 6.45) is 4.78. The third-order valence-electron chi connectivity index (χ3n) is 2.63. The van der Waals surface area contributed by atoms with Crippen molar-refractivity contribution >= 4 is 5.84 Å². The van der Waals surface area contributed by atoms with Crippen molar-refractivity contribution in [2.75, 3.05) is 13.1 Å². The Morgan fingerprint density at radius 1 is 1.57 bits per heavy atom. The lowest BCUT2D eigenvalue weighted by atomic mass is 10.0. The average Bonchev–Trinajstić information content (AvgIpc) is 2.48. The predicted molar refractivity (Wildman–Crippen MR) is 53.0 cm³/mol. The van der Waals surface area contributed by atoms with E-state index in [4.69, 9.17) is 0 Å². The molecule has 0 amide bonds. The van der Waals surface area contributed by atoms with Gasteiger partial charge >= 0.3 is 5.84 Å². The van der Waals surface area contributed by atoms with Gasteiger partial charge in [-0.15, -0.1) is 0 Å². The van der Waals surface area contributed by atoms with Crippen molar-refractivity contribution in [3.05, 3.63) is 21.8 Å². The van der Waals surface area contributed by atoms with Gasteiger partial charge in [0.25, 0.3) is 0 Å². The summed E-state index contributed by atoms with van der Waals surface area (Å²) < 4.78 is 0. The third-order valence-corrected chi connectivity index (χ3v) is 2.63. The molecule has 1 atom stereocenters. The summed E-state index contributed by atoms with van der Waals surface area (Å²) in [5.41, 5.74) is 1.07. The summed E-state index contributed by atoms with van der Waals surface area (Å²) in [7, 11) is 0. The van der Waals surface area contributed by atoms with Gasteiger partial charge in [-0.2, -0.15) is 0 Å². The van der Waals surface area contributed by atoms with Gasteiger partial charge in [-0.3, -0.25) is 0 Å². The molecule has 0 aromatic carbocycles. The van der Waals surface area contributed by atoms with Gasteiger partial charge in [0.1, 0.15) is 0 Å². The van der Waals surface area contributed by atoms with E-state index in [2.05, 4.69) is 10.3 Å². The second-order valence-corrected chi connectivity index (χ2v) is 3.65. The highest BCUT2D eigenvalue weighted by molar-refractivity contribution is 5.89. The molecule has 14 heavy (non-hydrogen) atoms. The Labute approximate surface area is 82.1 Å². The molecule has 76 valence electrons. The minimum absolute atomic E-state index is 0.0219. The lowest BCUT2D eigenvalue weighted by Crippen LogP contribution is -2.25. The Morgan fingerprint density at radius 2 is 2.43 bits per heavy atom. The molecule has 2 rings (SSSR count). The first-order chi connectivity index (χ1) is 6.77. The van der Waals surface area contributed by atoms with Crippen LogP contribution < -0.4 is 5.32 Å². The average molecular weight is 195 g/mol. The molecular weight excluding hydrogens is 182 g/mol. The standard InChI is InChI=1S/C9H13N3O2/c13-12(14)9-5-7-6-10-4-2-1-3-8(7)11-9/h5,8,10H,1-4,6H2. The highest BCUT2D eigenvalue weighted by atomic mass is 16.6. The molecule has 2 aliphatic rings. The number of nitro groups is 1. The van der Waals surface area contributed by atoms with Gasteiger partial charge in [-0.25, -0.2) is 0 Å². The highest BCUT2D eigenvalue weighted by Gasteiger charge is 2.29. The van der Waals surface area contributed by atoms with Crippen LogP contribution >= 0.6 is 0 Å². The topological polar surface area (TPSA) is 67.5 Å². The molecule has 0 aromatic heterocycles. The Kier molecular flexibility index (Phi) is 2.58. The minimum atomic E-state index is -0.405. The molecule has 0 radical (unpaired) electrons. The largest absolute Gasteiger partial charge is 0.358 e. The summed E-state index contributed by atoms with van der Waals surface area (Å²) in [6, 6.07) is 0.0585. The van der Waals surface area contributed by atoms with Crippen molar-refractivity contribution in [2.45, 2.75) is 25.3 Å². The van der Waals surface area contributed by atoms with E-state index in [1.807, 2.05) is 0 Å². The van der Waals surface area contributed by atoms with Crippen LogP contribution in [0.1, 0.15) is 19.3 Å². The maximum absolute atomic E-state index is 10.5. The molecule has 0 aromatic rings. The van der Waals surface area contributed by atoms with Crippen LogP contribution in [0.4, 0.5) is 0 Å². The monoisotopic (exact) mass is 195 g/mol. The summed E-state index contributed by atoms with van der Waals surface area (Å²) in [6.45, 7) is 1.74. The number of aliphatic imine (C=N–C) groups is 1. The summed E-state index contributed by atoms with van der Waals surface area (Å²) in [4.78, 5) is 14.2. The van der Waals surface area contributed by atoms with Crippen molar-refractivity contribution in [3.63, 3.8) is 0 Å². The molecule has 1 unspecified atom stereocenters. The van der Waals surface area contributed by atoms with Gasteiger partial charge in [0.05, 0.1) is 0 Å².